The summed E-state index contributed by atoms with van der Waals surface area (Å²) in [5.74, 6) is 5.62. The Kier molecular flexibility index (Phi) is 3.66. The molecule has 1 aliphatic rings. The SMILES string of the molecule is CC#CC(=O)NCC1CCCC1. The van der Waals surface area contributed by atoms with Gasteiger partial charge >= 0.3 is 0 Å². The van der Waals surface area contributed by atoms with Crippen LogP contribution in [0.3, 0.4) is 0 Å². The van der Waals surface area contributed by atoms with Gasteiger partial charge in [0.15, 0.2) is 0 Å². The first kappa shape index (κ1) is 9.12. The van der Waals surface area contributed by atoms with Crippen LogP contribution in [0.25, 0.3) is 0 Å². The number of carbonyl (C=O) groups excluding carboxylic acids is 1. The van der Waals surface area contributed by atoms with E-state index in [9.17, 15) is 4.79 Å². The molecule has 1 amide bonds. The normalized spacial score (nSPS) is 16.8. The summed E-state index contributed by atoms with van der Waals surface area (Å²) in [7, 11) is 0. The second-order valence-corrected chi connectivity index (χ2v) is 3.24. The Balaban J connectivity index is 2.14. The molecule has 0 aliphatic heterocycles. The Morgan fingerprint density at radius 2 is 2.17 bits per heavy atom. The summed E-state index contributed by atoms with van der Waals surface area (Å²) in [4.78, 5) is 10.9. The summed E-state index contributed by atoms with van der Waals surface area (Å²) in [5, 5.41) is 2.81. The molecule has 2 heteroatoms. The van der Waals surface area contributed by atoms with Crippen molar-refractivity contribution in [1.82, 2.24) is 5.32 Å². The van der Waals surface area contributed by atoms with E-state index >= 15 is 0 Å². The van der Waals surface area contributed by atoms with Gasteiger partial charge in [-0.2, -0.15) is 0 Å². The highest BCUT2D eigenvalue weighted by molar-refractivity contribution is 5.93. The number of rotatable bonds is 2. The van der Waals surface area contributed by atoms with Gasteiger partial charge in [-0.25, -0.2) is 0 Å². The largest absolute Gasteiger partial charge is 0.345 e. The summed E-state index contributed by atoms with van der Waals surface area (Å²) < 4.78 is 0. The lowest BCUT2D eigenvalue weighted by Gasteiger charge is -2.07. The van der Waals surface area contributed by atoms with Crippen LogP contribution in [0.15, 0.2) is 0 Å². The van der Waals surface area contributed by atoms with Crippen LogP contribution in [0, 0.1) is 17.8 Å². The molecule has 0 spiro atoms. The zero-order chi connectivity index (χ0) is 8.81. The average molecular weight is 165 g/mol. The summed E-state index contributed by atoms with van der Waals surface area (Å²) in [6.45, 7) is 2.49. The van der Waals surface area contributed by atoms with Gasteiger partial charge in [-0.3, -0.25) is 4.79 Å². The molecule has 0 aromatic heterocycles. The molecule has 0 saturated heterocycles. The third-order valence-electron chi connectivity index (χ3n) is 2.26. The highest BCUT2D eigenvalue weighted by Gasteiger charge is 2.14. The standard InChI is InChI=1S/C10H15NO/c1-2-5-10(12)11-8-9-6-3-4-7-9/h9H,3-4,6-8H2,1H3,(H,11,12). The van der Waals surface area contributed by atoms with E-state index in [1.54, 1.807) is 6.92 Å². The molecular weight excluding hydrogens is 150 g/mol. The Morgan fingerprint density at radius 3 is 2.75 bits per heavy atom. The van der Waals surface area contributed by atoms with E-state index in [1.807, 2.05) is 0 Å². The number of amides is 1. The highest BCUT2D eigenvalue weighted by Crippen LogP contribution is 2.23. The number of nitrogens with one attached hydrogen (secondary N) is 1. The van der Waals surface area contributed by atoms with Gasteiger partial charge in [0.05, 0.1) is 0 Å². The summed E-state index contributed by atoms with van der Waals surface area (Å²) in [6.07, 6.45) is 5.17. The van der Waals surface area contributed by atoms with Crippen molar-refractivity contribution >= 4 is 5.91 Å². The molecule has 2 nitrogen and oxygen atoms in total. The lowest BCUT2D eigenvalue weighted by Crippen LogP contribution is -2.26. The second-order valence-electron chi connectivity index (χ2n) is 3.24. The molecule has 1 aliphatic carbocycles. The topological polar surface area (TPSA) is 29.1 Å². The minimum Gasteiger partial charge on any atom is -0.345 e. The van der Waals surface area contributed by atoms with Gasteiger partial charge in [-0.1, -0.05) is 18.8 Å². The summed E-state index contributed by atoms with van der Waals surface area (Å²) in [5.41, 5.74) is 0. The van der Waals surface area contributed by atoms with Crippen LogP contribution < -0.4 is 5.32 Å². The molecule has 1 fully saturated rings. The predicted molar refractivity (Wildman–Crippen MR) is 48.4 cm³/mol. The van der Waals surface area contributed by atoms with E-state index < -0.39 is 0 Å². The van der Waals surface area contributed by atoms with Gasteiger partial charge in [-0.15, -0.1) is 0 Å². The van der Waals surface area contributed by atoms with Crippen LogP contribution in [0.2, 0.25) is 0 Å². The molecular formula is C10H15NO. The third-order valence-corrected chi connectivity index (χ3v) is 2.26. The fourth-order valence-corrected chi connectivity index (χ4v) is 1.61. The predicted octanol–water partition coefficient (Wildman–Crippen LogP) is 1.32. The molecule has 1 N–H and O–H groups in total. The zero-order valence-corrected chi connectivity index (χ0v) is 7.52. The minimum absolute atomic E-state index is 0.135. The Hall–Kier alpha value is -0.970. The van der Waals surface area contributed by atoms with E-state index in [2.05, 4.69) is 17.2 Å². The Labute approximate surface area is 73.7 Å². The van der Waals surface area contributed by atoms with Crippen LogP contribution in [0.1, 0.15) is 32.6 Å². The van der Waals surface area contributed by atoms with Crippen LogP contribution in [-0.2, 0) is 4.79 Å². The van der Waals surface area contributed by atoms with Crippen molar-refractivity contribution in [2.75, 3.05) is 6.54 Å². The molecule has 0 atom stereocenters. The van der Waals surface area contributed by atoms with E-state index in [1.165, 1.54) is 25.7 Å². The van der Waals surface area contributed by atoms with Gasteiger partial charge in [0.25, 0.3) is 5.91 Å². The number of hydrogen-bond acceptors (Lipinski definition) is 1. The molecule has 66 valence electrons. The fraction of sp³-hybridized carbons (Fsp3) is 0.700. The van der Waals surface area contributed by atoms with Crippen LogP contribution >= 0.6 is 0 Å². The van der Waals surface area contributed by atoms with E-state index in [4.69, 9.17) is 0 Å². The lowest BCUT2D eigenvalue weighted by atomic mass is 10.1. The van der Waals surface area contributed by atoms with Crippen LogP contribution in [0.5, 0.6) is 0 Å². The molecule has 0 radical (unpaired) electrons. The number of carbonyl (C=O) groups is 1. The van der Waals surface area contributed by atoms with Crippen molar-refractivity contribution in [3.63, 3.8) is 0 Å². The van der Waals surface area contributed by atoms with Crippen molar-refractivity contribution in [2.24, 2.45) is 5.92 Å². The van der Waals surface area contributed by atoms with Gasteiger partial charge in [0, 0.05) is 6.54 Å². The van der Waals surface area contributed by atoms with Crippen molar-refractivity contribution in [3.05, 3.63) is 0 Å². The zero-order valence-electron chi connectivity index (χ0n) is 7.52. The lowest BCUT2D eigenvalue weighted by molar-refractivity contribution is -0.115. The summed E-state index contributed by atoms with van der Waals surface area (Å²) in [6, 6.07) is 0. The van der Waals surface area contributed by atoms with Crippen LogP contribution in [0.4, 0.5) is 0 Å². The Bertz CT molecular complexity index is 206. The molecule has 0 aromatic carbocycles. The molecule has 12 heavy (non-hydrogen) atoms. The maximum atomic E-state index is 10.9. The van der Waals surface area contributed by atoms with Crippen molar-refractivity contribution in [2.45, 2.75) is 32.6 Å². The first-order chi connectivity index (χ1) is 5.83. The van der Waals surface area contributed by atoms with Crippen molar-refractivity contribution in [1.29, 1.82) is 0 Å². The second kappa shape index (κ2) is 4.82. The van der Waals surface area contributed by atoms with E-state index in [0.717, 1.165) is 6.54 Å². The third kappa shape index (κ3) is 2.96. The molecule has 0 aromatic rings. The highest BCUT2D eigenvalue weighted by atomic mass is 16.1. The molecule has 1 rings (SSSR count). The maximum absolute atomic E-state index is 10.9. The molecule has 0 heterocycles. The van der Waals surface area contributed by atoms with Gasteiger partial charge in [0.2, 0.25) is 0 Å². The van der Waals surface area contributed by atoms with E-state index in [0.29, 0.717) is 5.92 Å². The van der Waals surface area contributed by atoms with Crippen LogP contribution in [-0.4, -0.2) is 12.5 Å². The van der Waals surface area contributed by atoms with Gasteiger partial charge in [0.1, 0.15) is 0 Å². The Morgan fingerprint density at radius 1 is 1.50 bits per heavy atom. The first-order valence-corrected chi connectivity index (χ1v) is 4.53. The smallest absolute Gasteiger partial charge is 0.295 e. The average Bonchev–Trinajstić information content (AvgIpc) is 2.53. The minimum atomic E-state index is -0.135. The quantitative estimate of drug-likeness (QED) is 0.614. The van der Waals surface area contributed by atoms with Crippen molar-refractivity contribution < 1.29 is 4.79 Å². The molecule has 0 unspecified atom stereocenters. The van der Waals surface area contributed by atoms with Gasteiger partial charge in [-0.05, 0) is 31.6 Å². The first-order valence-electron chi connectivity index (χ1n) is 4.53. The molecule has 0 bridgehead atoms. The van der Waals surface area contributed by atoms with Gasteiger partial charge < -0.3 is 5.32 Å². The monoisotopic (exact) mass is 165 g/mol. The maximum Gasteiger partial charge on any atom is 0.295 e. The number of hydrogen-bond donors (Lipinski definition) is 1. The molecule has 1 saturated carbocycles. The summed E-state index contributed by atoms with van der Waals surface area (Å²) >= 11 is 0. The van der Waals surface area contributed by atoms with Crippen molar-refractivity contribution in [3.8, 4) is 11.8 Å². The fourth-order valence-electron chi connectivity index (χ4n) is 1.61. The van der Waals surface area contributed by atoms with E-state index in [-0.39, 0.29) is 5.91 Å².